The molecule has 2 rings (SSSR count). The Kier molecular flexibility index (Phi) is 3.89. The van der Waals surface area contributed by atoms with Crippen molar-refractivity contribution < 1.29 is 13.2 Å². The predicted octanol–water partition coefficient (Wildman–Crippen LogP) is 1.96. The summed E-state index contributed by atoms with van der Waals surface area (Å²) in [7, 11) is 0. The van der Waals surface area contributed by atoms with Gasteiger partial charge in [-0.1, -0.05) is 18.2 Å². The van der Waals surface area contributed by atoms with Crippen LogP contribution < -0.4 is 5.32 Å². The van der Waals surface area contributed by atoms with Gasteiger partial charge in [-0.05, 0) is 12.3 Å². The fraction of sp³-hybridized carbons (Fsp3) is 0.667. The van der Waals surface area contributed by atoms with Gasteiger partial charge in [-0.25, -0.2) is 0 Å². The number of hydrogen-bond donors (Lipinski definition) is 1. The highest BCUT2D eigenvalue weighted by Crippen LogP contribution is 2.33. The van der Waals surface area contributed by atoms with Crippen LogP contribution >= 0.6 is 0 Å². The van der Waals surface area contributed by atoms with Gasteiger partial charge >= 0.3 is 6.18 Å². The Morgan fingerprint density at radius 3 is 2.65 bits per heavy atom. The number of allylic oxidation sites excluding steroid dienone is 3. The molecule has 0 aromatic carbocycles. The topological polar surface area (TPSA) is 15.3 Å². The minimum Gasteiger partial charge on any atom is -0.314 e. The van der Waals surface area contributed by atoms with Gasteiger partial charge in [-0.15, -0.1) is 0 Å². The van der Waals surface area contributed by atoms with E-state index < -0.39 is 11.7 Å². The summed E-state index contributed by atoms with van der Waals surface area (Å²) in [6.45, 7) is 4.44. The molecule has 1 N–H and O–H groups in total. The average Bonchev–Trinajstić information content (AvgIpc) is 2.29. The molecule has 0 aromatic rings. The van der Waals surface area contributed by atoms with Crippen molar-refractivity contribution in [2.24, 2.45) is 5.92 Å². The summed E-state index contributed by atoms with van der Waals surface area (Å²) in [5.74, 6) is -0.00488. The number of rotatable bonds is 2. The molecule has 0 bridgehead atoms. The summed E-state index contributed by atoms with van der Waals surface area (Å²) in [6, 6.07) is 0. The third-order valence-corrected chi connectivity index (χ3v) is 3.23. The second kappa shape index (κ2) is 5.23. The third-order valence-electron chi connectivity index (χ3n) is 3.23. The van der Waals surface area contributed by atoms with E-state index in [4.69, 9.17) is 0 Å². The van der Waals surface area contributed by atoms with E-state index >= 15 is 0 Å². The molecular weight excluding hydrogens is 229 g/mol. The maximum atomic E-state index is 12.6. The first-order chi connectivity index (χ1) is 8.05. The molecule has 0 aromatic heterocycles. The minimum absolute atomic E-state index is 0.00488. The molecular formula is C12H17F3N2. The highest BCUT2D eigenvalue weighted by molar-refractivity contribution is 5.23. The van der Waals surface area contributed by atoms with Gasteiger partial charge in [0.1, 0.15) is 0 Å². The van der Waals surface area contributed by atoms with E-state index in [0.29, 0.717) is 0 Å². The summed E-state index contributed by atoms with van der Waals surface area (Å²) in [4.78, 5) is 2.23. The summed E-state index contributed by atoms with van der Waals surface area (Å²) in [5.41, 5.74) is -0.403. The van der Waals surface area contributed by atoms with Crippen LogP contribution in [-0.4, -0.2) is 43.8 Å². The van der Waals surface area contributed by atoms with E-state index in [9.17, 15) is 13.2 Å². The molecule has 5 heteroatoms. The van der Waals surface area contributed by atoms with E-state index in [-0.39, 0.29) is 12.3 Å². The lowest BCUT2D eigenvalue weighted by molar-refractivity contribution is -0.0953. The molecule has 1 fully saturated rings. The van der Waals surface area contributed by atoms with Crippen LogP contribution in [0, 0.1) is 5.92 Å². The molecule has 1 aliphatic carbocycles. The summed E-state index contributed by atoms with van der Waals surface area (Å²) >= 11 is 0. The molecule has 96 valence electrons. The number of hydrogen-bond acceptors (Lipinski definition) is 2. The molecule has 1 atom stereocenters. The van der Waals surface area contributed by atoms with Gasteiger partial charge < -0.3 is 10.2 Å². The summed E-state index contributed by atoms with van der Waals surface area (Å²) in [5, 5.41) is 3.23. The maximum absolute atomic E-state index is 12.6. The maximum Gasteiger partial charge on any atom is 0.412 e. The lowest BCUT2D eigenvalue weighted by Gasteiger charge is -2.31. The fourth-order valence-electron chi connectivity index (χ4n) is 2.31. The van der Waals surface area contributed by atoms with Gasteiger partial charge in [0.05, 0.1) is 0 Å². The molecule has 0 saturated carbocycles. The van der Waals surface area contributed by atoms with Gasteiger partial charge in [-0.2, -0.15) is 13.2 Å². The number of alkyl halides is 3. The zero-order valence-corrected chi connectivity index (χ0v) is 9.63. The molecule has 1 saturated heterocycles. The van der Waals surface area contributed by atoms with Gasteiger partial charge in [0.2, 0.25) is 0 Å². The Morgan fingerprint density at radius 2 is 2.00 bits per heavy atom. The zero-order chi connectivity index (χ0) is 12.3. The Balaban J connectivity index is 1.88. The van der Waals surface area contributed by atoms with Crippen molar-refractivity contribution in [2.45, 2.75) is 12.6 Å². The standard InChI is InChI=1S/C12H17F3N2/c13-12(14,15)11-3-1-2-10(8-11)9-17-6-4-16-5-7-17/h1-3,10,16H,4-9H2. The summed E-state index contributed by atoms with van der Waals surface area (Å²) < 4.78 is 37.7. The van der Waals surface area contributed by atoms with Crippen LogP contribution in [0.3, 0.4) is 0 Å². The molecule has 2 nitrogen and oxygen atoms in total. The second-order valence-corrected chi connectivity index (χ2v) is 4.59. The first kappa shape index (κ1) is 12.6. The fourth-order valence-corrected chi connectivity index (χ4v) is 2.31. The van der Waals surface area contributed by atoms with E-state index in [2.05, 4.69) is 10.2 Å². The van der Waals surface area contributed by atoms with Gasteiger partial charge in [0.15, 0.2) is 0 Å². The second-order valence-electron chi connectivity index (χ2n) is 4.59. The van der Waals surface area contributed by atoms with Crippen LogP contribution in [-0.2, 0) is 0 Å². The Labute approximate surface area is 99.2 Å². The zero-order valence-electron chi connectivity index (χ0n) is 9.63. The quantitative estimate of drug-likeness (QED) is 0.801. The highest BCUT2D eigenvalue weighted by atomic mass is 19.4. The van der Waals surface area contributed by atoms with Crippen molar-refractivity contribution in [1.29, 1.82) is 0 Å². The van der Waals surface area contributed by atoms with Crippen molar-refractivity contribution in [2.75, 3.05) is 32.7 Å². The normalized spacial score (nSPS) is 27.0. The van der Waals surface area contributed by atoms with Crippen LogP contribution in [0.1, 0.15) is 6.42 Å². The van der Waals surface area contributed by atoms with Crippen molar-refractivity contribution in [3.8, 4) is 0 Å². The minimum atomic E-state index is -4.17. The monoisotopic (exact) mass is 246 g/mol. The Morgan fingerprint density at radius 1 is 1.29 bits per heavy atom. The van der Waals surface area contributed by atoms with Gasteiger partial charge in [0, 0.05) is 38.3 Å². The first-order valence-corrected chi connectivity index (χ1v) is 5.93. The van der Waals surface area contributed by atoms with E-state index in [1.165, 1.54) is 6.08 Å². The number of piperazine rings is 1. The number of nitrogens with zero attached hydrogens (tertiary/aromatic N) is 1. The van der Waals surface area contributed by atoms with Crippen LogP contribution in [0.2, 0.25) is 0 Å². The molecule has 1 heterocycles. The van der Waals surface area contributed by atoms with Crippen molar-refractivity contribution in [3.05, 3.63) is 23.8 Å². The highest BCUT2D eigenvalue weighted by Gasteiger charge is 2.35. The SMILES string of the molecule is FC(F)(F)C1=CC=CC(CN2CCNCC2)C1. The van der Waals surface area contributed by atoms with Crippen LogP contribution in [0.25, 0.3) is 0 Å². The van der Waals surface area contributed by atoms with Gasteiger partial charge in [0.25, 0.3) is 0 Å². The van der Waals surface area contributed by atoms with Crippen LogP contribution in [0.15, 0.2) is 23.8 Å². The largest absolute Gasteiger partial charge is 0.412 e. The molecule has 17 heavy (non-hydrogen) atoms. The third kappa shape index (κ3) is 3.57. The van der Waals surface area contributed by atoms with E-state index in [1.807, 2.05) is 6.08 Å². The molecule has 0 spiro atoms. The lowest BCUT2D eigenvalue weighted by Crippen LogP contribution is -2.45. The molecule has 0 radical (unpaired) electrons. The van der Waals surface area contributed by atoms with Crippen LogP contribution in [0.4, 0.5) is 13.2 Å². The summed E-state index contributed by atoms with van der Waals surface area (Å²) in [6.07, 6.45) is 0.557. The van der Waals surface area contributed by atoms with E-state index in [1.54, 1.807) is 6.08 Å². The Hall–Kier alpha value is -0.810. The molecule has 1 unspecified atom stereocenters. The Bertz CT molecular complexity index is 314. The first-order valence-electron chi connectivity index (χ1n) is 5.93. The van der Waals surface area contributed by atoms with Gasteiger partial charge in [-0.3, -0.25) is 0 Å². The smallest absolute Gasteiger partial charge is 0.314 e. The van der Waals surface area contributed by atoms with E-state index in [0.717, 1.165) is 32.7 Å². The molecule has 1 aliphatic heterocycles. The lowest BCUT2D eigenvalue weighted by atomic mass is 9.93. The predicted molar refractivity (Wildman–Crippen MR) is 60.7 cm³/mol. The van der Waals surface area contributed by atoms with Crippen molar-refractivity contribution >= 4 is 0 Å². The number of nitrogens with one attached hydrogen (secondary N) is 1. The molecule has 2 aliphatic rings. The average molecular weight is 246 g/mol. The van der Waals surface area contributed by atoms with Crippen LogP contribution in [0.5, 0.6) is 0 Å². The van der Waals surface area contributed by atoms with Crippen molar-refractivity contribution in [3.63, 3.8) is 0 Å². The van der Waals surface area contributed by atoms with Crippen molar-refractivity contribution in [1.82, 2.24) is 10.2 Å². The number of halogens is 3. The molecule has 0 amide bonds.